The van der Waals surface area contributed by atoms with Gasteiger partial charge in [0, 0.05) is 11.0 Å². The van der Waals surface area contributed by atoms with E-state index in [1.807, 2.05) is 30.3 Å². The first-order valence-corrected chi connectivity index (χ1v) is 9.48. The van der Waals surface area contributed by atoms with Crippen molar-refractivity contribution in [2.45, 2.75) is 29.5 Å². The maximum absolute atomic E-state index is 12.4. The first-order valence-electron chi connectivity index (χ1n) is 6.88. The highest BCUT2D eigenvalue weighted by Gasteiger charge is 2.16. The normalized spacial score (nSPS) is 14.0. The van der Waals surface area contributed by atoms with E-state index in [9.17, 15) is 8.42 Å². The van der Waals surface area contributed by atoms with Gasteiger partial charge in [-0.1, -0.05) is 34.1 Å². The van der Waals surface area contributed by atoms with Crippen LogP contribution in [0.4, 0.5) is 5.69 Å². The molecule has 3 rings (SSSR count). The highest BCUT2D eigenvalue weighted by Crippen LogP contribution is 2.26. The summed E-state index contributed by atoms with van der Waals surface area (Å²) in [6, 6.07) is 12.7. The van der Waals surface area contributed by atoms with Gasteiger partial charge in [-0.2, -0.15) is 0 Å². The predicted molar refractivity (Wildman–Crippen MR) is 88.3 cm³/mol. The molecule has 1 aliphatic carbocycles. The van der Waals surface area contributed by atoms with E-state index in [4.69, 9.17) is 0 Å². The zero-order valence-corrected chi connectivity index (χ0v) is 13.9. The summed E-state index contributed by atoms with van der Waals surface area (Å²) in [7, 11) is -3.52. The zero-order chi connectivity index (χ0) is 14.9. The minimum Gasteiger partial charge on any atom is -0.280 e. The van der Waals surface area contributed by atoms with Crippen LogP contribution in [0.5, 0.6) is 0 Å². The van der Waals surface area contributed by atoms with Crippen molar-refractivity contribution in [3.8, 4) is 0 Å². The number of halogens is 1. The number of fused-ring (bicyclic) bond motifs is 1. The largest absolute Gasteiger partial charge is 0.280 e. The zero-order valence-electron chi connectivity index (χ0n) is 11.5. The molecule has 21 heavy (non-hydrogen) atoms. The molecule has 0 bridgehead atoms. The highest BCUT2D eigenvalue weighted by molar-refractivity contribution is 9.08. The Morgan fingerprint density at radius 2 is 1.71 bits per heavy atom. The van der Waals surface area contributed by atoms with Crippen molar-refractivity contribution in [1.82, 2.24) is 0 Å². The third-order valence-electron chi connectivity index (χ3n) is 3.74. The number of nitrogens with one attached hydrogen (secondary N) is 1. The van der Waals surface area contributed by atoms with Crippen LogP contribution in [0.15, 0.2) is 47.4 Å². The Kier molecular flexibility index (Phi) is 4.04. The lowest BCUT2D eigenvalue weighted by atomic mass is 10.1. The lowest BCUT2D eigenvalue weighted by Crippen LogP contribution is -2.13. The van der Waals surface area contributed by atoms with Gasteiger partial charge in [-0.3, -0.25) is 4.72 Å². The maximum Gasteiger partial charge on any atom is 0.261 e. The molecule has 0 unspecified atom stereocenters. The molecule has 1 N–H and O–H groups in total. The Hall–Kier alpha value is -1.33. The Bertz CT molecular complexity index is 754. The van der Waals surface area contributed by atoms with Crippen LogP contribution in [-0.2, 0) is 28.2 Å². The van der Waals surface area contributed by atoms with Crippen LogP contribution in [0.25, 0.3) is 0 Å². The molecule has 0 heterocycles. The maximum atomic E-state index is 12.4. The summed E-state index contributed by atoms with van der Waals surface area (Å²) in [5, 5.41) is 0.714. The number of alkyl halides is 1. The molecule has 0 spiro atoms. The molecule has 5 heteroatoms. The molecule has 0 aliphatic heterocycles. The van der Waals surface area contributed by atoms with E-state index in [0.717, 1.165) is 24.8 Å². The minimum atomic E-state index is -3.52. The Balaban J connectivity index is 1.85. The summed E-state index contributed by atoms with van der Waals surface area (Å²) in [4.78, 5) is 0.285. The summed E-state index contributed by atoms with van der Waals surface area (Å²) in [6.07, 6.45) is 3.28. The van der Waals surface area contributed by atoms with Gasteiger partial charge < -0.3 is 0 Å². The number of aryl methyl sites for hydroxylation is 2. The van der Waals surface area contributed by atoms with E-state index < -0.39 is 10.0 Å². The van der Waals surface area contributed by atoms with E-state index >= 15 is 0 Å². The molecular weight excluding hydrogens is 350 g/mol. The second-order valence-electron chi connectivity index (χ2n) is 5.22. The average Bonchev–Trinajstić information content (AvgIpc) is 2.94. The lowest BCUT2D eigenvalue weighted by Gasteiger charge is -2.10. The van der Waals surface area contributed by atoms with Crippen molar-refractivity contribution < 1.29 is 8.42 Å². The first kappa shape index (κ1) is 14.6. The van der Waals surface area contributed by atoms with Crippen LogP contribution in [0.1, 0.15) is 23.1 Å². The van der Waals surface area contributed by atoms with Crippen molar-refractivity contribution in [3.05, 3.63) is 59.2 Å². The summed E-state index contributed by atoms with van der Waals surface area (Å²) in [6.45, 7) is 0. The quantitative estimate of drug-likeness (QED) is 0.835. The number of sulfonamides is 1. The van der Waals surface area contributed by atoms with Gasteiger partial charge in [-0.05, 0) is 60.2 Å². The summed E-state index contributed by atoms with van der Waals surface area (Å²) >= 11 is 3.35. The third-order valence-corrected chi connectivity index (χ3v) is 5.78. The van der Waals surface area contributed by atoms with Crippen molar-refractivity contribution in [1.29, 1.82) is 0 Å². The molecule has 0 aromatic heterocycles. The lowest BCUT2D eigenvalue weighted by molar-refractivity contribution is 0.601. The van der Waals surface area contributed by atoms with Crippen molar-refractivity contribution >= 4 is 31.6 Å². The standard InChI is InChI=1S/C16H16BrNO2S/c17-11-12-4-8-16(9-5-12)21(19,20)18-15-7-6-13-2-1-3-14(13)10-15/h4-10,18H,1-3,11H2. The molecule has 2 aromatic carbocycles. The van der Waals surface area contributed by atoms with Gasteiger partial charge in [0.1, 0.15) is 0 Å². The fourth-order valence-electron chi connectivity index (χ4n) is 2.61. The van der Waals surface area contributed by atoms with Crippen LogP contribution in [-0.4, -0.2) is 8.42 Å². The molecule has 0 saturated heterocycles. The van der Waals surface area contributed by atoms with Gasteiger partial charge in [-0.25, -0.2) is 8.42 Å². The molecule has 1 aliphatic rings. The smallest absolute Gasteiger partial charge is 0.261 e. The Morgan fingerprint density at radius 3 is 2.43 bits per heavy atom. The fraction of sp³-hybridized carbons (Fsp3) is 0.250. The second-order valence-corrected chi connectivity index (χ2v) is 7.46. The summed E-state index contributed by atoms with van der Waals surface area (Å²) < 4.78 is 27.4. The van der Waals surface area contributed by atoms with Gasteiger partial charge in [0.05, 0.1) is 4.90 Å². The molecule has 0 amide bonds. The van der Waals surface area contributed by atoms with Crippen molar-refractivity contribution in [2.24, 2.45) is 0 Å². The number of hydrogen-bond donors (Lipinski definition) is 1. The van der Waals surface area contributed by atoms with Crippen LogP contribution in [0, 0.1) is 0 Å². The predicted octanol–water partition coefficient (Wildman–Crippen LogP) is 3.87. The van der Waals surface area contributed by atoms with Crippen LogP contribution in [0.2, 0.25) is 0 Å². The van der Waals surface area contributed by atoms with Crippen molar-refractivity contribution in [3.63, 3.8) is 0 Å². The molecule has 0 fully saturated rings. The minimum absolute atomic E-state index is 0.285. The van der Waals surface area contributed by atoms with Gasteiger partial charge in [-0.15, -0.1) is 0 Å². The second kappa shape index (κ2) is 5.81. The van der Waals surface area contributed by atoms with Gasteiger partial charge >= 0.3 is 0 Å². The van der Waals surface area contributed by atoms with E-state index in [1.54, 1.807) is 12.1 Å². The Labute approximate surface area is 133 Å². The molecule has 0 saturated carbocycles. The third kappa shape index (κ3) is 3.14. The van der Waals surface area contributed by atoms with E-state index in [1.165, 1.54) is 11.1 Å². The number of anilines is 1. The van der Waals surface area contributed by atoms with Gasteiger partial charge in [0.2, 0.25) is 0 Å². The highest BCUT2D eigenvalue weighted by atomic mass is 79.9. The van der Waals surface area contributed by atoms with Gasteiger partial charge in [0.15, 0.2) is 0 Å². The molecule has 2 aromatic rings. The van der Waals surface area contributed by atoms with Crippen LogP contribution < -0.4 is 4.72 Å². The molecular formula is C16H16BrNO2S. The number of hydrogen-bond acceptors (Lipinski definition) is 2. The summed E-state index contributed by atoms with van der Waals surface area (Å²) in [5.74, 6) is 0. The SMILES string of the molecule is O=S(=O)(Nc1ccc2c(c1)CCC2)c1ccc(CBr)cc1. The van der Waals surface area contributed by atoms with Crippen LogP contribution in [0.3, 0.4) is 0 Å². The topological polar surface area (TPSA) is 46.2 Å². The molecule has 0 atom stereocenters. The fourth-order valence-corrected chi connectivity index (χ4v) is 4.03. The van der Waals surface area contributed by atoms with Crippen molar-refractivity contribution in [2.75, 3.05) is 4.72 Å². The first-order chi connectivity index (χ1) is 10.1. The van der Waals surface area contributed by atoms with E-state index in [0.29, 0.717) is 11.0 Å². The van der Waals surface area contributed by atoms with E-state index in [-0.39, 0.29) is 4.90 Å². The van der Waals surface area contributed by atoms with E-state index in [2.05, 4.69) is 20.7 Å². The number of rotatable bonds is 4. The molecule has 3 nitrogen and oxygen atoms in total. The molecule has 110 valence electrons. The van der Waals surface area contributed by atoms with Gasteiger partial charge in [0.25, 0.3) is 10.0 Å². The Morgan fingerprint density at radius 1 is 1.00 bits per heavy atom. The monoisotopic (exact) mass is 365 g/mol. The summed E-state index contributed by atoms with van der Waals surface area (Å²) in [5.41, 5.74) is 4.27. The number of benzene rings is 2. The van der Waals surface area contributed by atoms with Crippen LogP contribution >= 0.6 is 15.9 Å². The molecule has 0 radical (unpaired) electrons. The average molecular weight is 366 g/mol.